The molecule has 1 amide bonds. The van der Waals surface area contributed by atoms with Crippen molar-refractivity contribution in [1.82, 2.24) is 5.32 Å². The Balaban J connectivity index is 2.96. The van der Waals surface area contributed by atoms with Gasteiger partial charge in [-0.1, -0.05) is 0 Å². The molecule has 1 aromatic carbocycles. The molecule has 0 bridgehead atoms. The summed E-state index contributed by atoms with van der Waals surface area (Å²) in [6.07, 6.45) is 0. The number of nitrogens with two attached hydrogens (primary N) is 1. The summed E-state index contributed by atoms with van der Waals surface area (Å²) in [4.78, 5) is 21.7. The fourth-order valence-corrected chi connectivity index (χ4v) is 1.36. The first kappa shape index (κ1) is 15.8. The average Bonchev–Trinajstić information content (AvgIpc) is 2.44. The van der Waals surface area contributed by atoms with Gasteiger partial charge >= 0.3 is 0 Å². The number of non-ortho nitro benzene ring substituents is 1. The van der Waals surface area contributed by atoms with Crippen LogP contribution < -0.4 is 15.8 Å². The van der Waals surface area contributed by atoms with Crippen LogP contribution in [0, 0.1) is 10.1 Å². The molecule has 9 heteroatoms. The molecule has 110 valence electrons. The summed E-state index contributed by atoms with van der Waals surface area (Å²) in [7, 11) is 1.26. The molecular weight excluding hydrogens is 276 g/mol. The number of carbonyl (C=O) groups excluding carboxylic acids is 1. The normalized spacial score (nSPS) is 11.0. The van der Waals surface area contributed by atoms with Crippen molar-refractivity contribution < 1.29 is 23.2 Å². The lowest BCUT2D eigenvalue weighted by Crippen LogP contribution is -2.41. The van der Waals surface area contributed by atoms with E-state index in [1.807, 2.05) is 5.32 Å². The highest BCUT2D eigenvalue weighted by molar-refractivity contribution is 5.97. The van der Waals surface area contributed by atoms with E-state index in [9.17, 15) is 23.7 Å². The summed E-state index contributed by atoms with van der Waals surface area (Å²) in [5.74, 6) is -4.10. The van der Waals surface area contributed by atoms with Crippen LogP contribution in [0.2, 0.25) is 0 Å². The second kappa shape index (κ2) is 6.24. The fraction of sp³-hybridized carbons (Fsp3) is 0.364. The maximum absolute atomic E-state index is 12.9. The molecule has 0 saturated heterocycles. The van der Waals surface area contributed by atoms with Crippen LogP contribution in [0.15, 0.2) is 18.2 Å². The summed E-state index contributed by atoms with van der Waals surface area (Å²) in [5.41, 5.74) is 4.29. The number of amides is 1. The molecule has 0 aliphatic heterocycles. The smallest absolute Gasteiger partial charge is 0.277 e. The zero-order chi connectivity index (χ0) is 15.3. The van der Waals surface area contributed by atoms with Gasteiger partial charge in [0.1, 0.15) is 5.75 Å². The van der Waals surface area contributed by atoms with E-state index in [-0.39, 0.29) is 17.0 Å². The Morgan fingerprint density at radius 2 is 2.20 bits per heavy atom. The first-order valence-electron chi connectivity index (χ1n) is 5.49. The Morgan fingerprint density at radius 3 is 2.70 bits per heavy atom. The molecule has 20 heavy (non-hydrogen) atoms. The first-order chi connectivity index (χ1) is 9.30. The van der Waals surface area contributed by atoms with E-state index in [0.29, 0.717) is 0 Å². The van der Waals surface area contributed by atoms with E-state index in [2.05, 4.69) is 0 Å². The third kappa shape index (κ3) is 3.85. The highest BCUT2D eigenvalue weighted by atomic mass is 19.3. The van der Waals surface area contributed by atoms with E-state index < -0.39 is 29.8 Å². The SMILES string of the molecule is COc1ccc([N+](=O)[O-])cc1C(=O)NCC(F)(F)CN. The molecule has 0 saturated carbocycles. The monoisotopic (exact) mass is 289 g/mol. The molecule has 0 fully saturated rings. The summed E-state index contributed by atoms with van der Waals surface area (Å²) in [6, 6.07) is 3.31. The molecule has 0 atom stereocenters. The van der Waals surface area contributed by atoms with Gasteiger partial charge in [-0.2, -0.15) is 0 Å². The zero-order valence-electron chi connectivity index (χ0n) is 10.6. The molecular formula is C11H13F2N3O4. The topological polar surface area (TPSA) is 107 Å². The number of nitro benzene ring substituents is 1. The third-order valence-corrected chi connectivity index (χ3v) is 2.44. The molecule has 0 aliphatic rings. The highest BCUT2D eigenvalue weighted by Gasteiger charge is 2.28. The van der Waals surface area contributed by atoms with Crippen molar-refractivity contribution in [2.45, 2.75) is 5.92 Å². The number of carbonyl (C=O) groups is 1. The van der Waals surface area contributed by atoms with Gasteiger partial charge < -0.3 is 15.8 Å². The largest absolute Gasteiger partial charge is 0.496 e. The molecule has 0 heterocycles. The zero-order valence-corrected chi connectivity index (χ0v) is 10.6. The maximum Gasteiger partial charge on any atom is 0.277 e. The van der Waals surface area contributed by atoms with Crippen molar-refractivity contribution in [2.75, 3.05) is 20.2 Å². The number of nitrogens with one attached hydrogen (secondary N) is 1. The number of hydrogen-bond acceptors (Lipinski definition) is 5. The number of rotatable bonds is 6. The number of methoxy groups -OCH3 is 1. The lowest BCUT2D eigenvalue weighted by molar-refractivity contribution is -0.384. The van der Waals surface area contributed by atoms with Crippen molar-refractivity contribution in [1.29, 1.82) is 0 Å². The lowest BCUT2D eigenvalue weighted by atomic mass is 10.1. The van der Waals surface area contributed by atoms with Crippen LogP contribution in [0.25, 0.3) is 0 Å². The van der Waals surface area contributed by atoms with Crippen LogP contribution in [0.1, 0.15) is 10.4 Å². The highest BCUT2D eigenvalue weighted by Crippen LogP contribution is 2.24. The molecule has 0 aromatic heterocycles. The predicted molar refractivity (Wildman–Crippen MR) is 66.0 cm³/mol. The molecule has 3 N–H and O–H groups in total. The van der Waals surface area contributed by atoms with Crippen molar-refractivity contribution in [3.63, 3.8) is 0 Å². The minimum absolute atomic E-state index is 0.0455. The molecule has 0 spiro atoms. The number of nitrogens with zero attached hydrogens (tertiary/aromatic N) is 1. The number of alkyl halides is 2. The second-order valence-electron chi connectivity index (χ2n) is 3.88. The summed E-state index contributed by atoms with van der Waals surface area (Å²) >= 11 is 0. The van der Waals surface area contributed by atoms with Gasteiger partial charge in [-0.15, -0.1) is 0 Å². The molecule has 1 rings (SSSR count). The quantitative estimate of drug-likeness (QED) is 0.598. The van der Waals surface area contributed by atoms with Crippen molar-refractivity contribution in [2.24, 2.45) is 5.73 Å². The van der Waals surface area contributed by atoms with E-state index in [1.54, 1.807) is 0 Å². The number of ether oxygens (including phenoxy) is 1. The van der Waals surface area contributed by atoms with Gasteiger partial charge in [0.2, 0.25) is 0 Å². The second-order valence-corrected chi connectivity index (χ2v) is 3.88. The standard InChI is InChI=1S/C11H13F2N3O4/c1-20-9-3-2-7(16(18)19)4-8(9)10(17)15-6-11(12,13)5-14/h2-4H,5-6,14H2,1H3,(H,15,17). The molecule has 1 aromatic rings. The van der Waals surface area contributed by atoms with Gasteiger partial charge in [0.05, 0.1) is 30.7 Å². The predicted octanol–water partition coefficient (Wildman–Crippen LogP) is 0.927. The Kier molecular flexibility index (Phi) is 4.92. The Bertz CT molecular complexity index is 522. The third-order valence-electron chi connectivity index (χ3n) is 2.44. The Hall–Kier alpha value is -2.29. The first-order valence-corrected chi connectivity index (χ1v) is 5.49. The number of nitro groups is 1. The maximum atomic E-state index is 12.9. The van der Waals surface area contributed by atoms with E-state index in [0.717, 1.165) is 12.1 Å². The molecule has 7 nitrogen and oxygen atoms in total. The van der Waals surface area contributed by atoms with Crippen LogP contribution in [0.3, 0.4) is 0 Å². The van der Waals surface area contributed by atoms with Crippen LogP contribution in [0.4, 0.5) is 14.5 Å². The summed E-state index contributed by atoms with van der Waals surface area (Å²) < 4.78 is 30.7. The average molecular weight is 289 g/mol. The van der Waals surface area contributed by atoms with Gasteiger partial charge in [-0.05, 0) is 6.07 Å². The number of benzene rings is 1. The number of halogens is 2. The van der Waals surface area contributed by atoms with Gasteiger partial charge in [-0.25, -0.2) is 8.78 Å². The minimum Gasteiger partial charge on any atom is -0.496 e. The Labute approximate surface area is 112 Å². The summed E-state index contributed by atoms with van der Waals surface area (Å²) in [5, 5.41) is 12.6. The molecule has 0 radical (unpaired) electrons. The van der Waals surface area contributed by atoms with Gasteiger partial charge in [0, 0.05) is 12.1 Å². The van der Waals surface area contributed by atoms with Gasteiger partial charge in [0.25, 0.3) is 17.5 Å². The minimum atomic E-state index is -3.25. The van der Waals surface area contributed by atoms with E-state index >= 15 is 0 Å². The van der Waals surface area contributed by atoms with E-state index in [4.69, 9.17) is 10.5 Å². The van der Waals surface area contributed by atoms with Crippen molar-refractivity contribution in [3.05, 3.63) is 33.9 Å². The number of hydrogen-bond donors (Lipinski definition) is 2. The van der Waals surface area contributed by atoms with Crippen molar-refractivity contribution in [3.8, 4) is 5.75 Å². The van der Waals surface area contributed by atoms with Crippen LogP contribution >= 0.6 is 0 Å². The van der Waals surface area contributed by atoms with Gasteiger partial charge in [0.15, 0.2) is 0 Å². The lowest BCUT2D eigenvalue weighted by Gasteiger charge is -2.15. The van der Waals surface area contributed by atoms with Crippen LogP contribution in [-0.2, 0) is 0 Å². The van der Waals surface area contributed by atoms with Gasteiger partial charge in [-0.3, -0.25) is 14.9 Å². The summed E-state index contributed by atoms with van der Waals surface area (Å²) in [6.45, 7) is -1.88. The van der Waals surface area contributed by atoms with Crippen molar-refractivity contribution >= 4 is 11.6 Å². The van der Waals surface area contributed by atoms with Crippen LogP contribution in [-0.4, -0.2) is 37.0 Å². The van der Waals surface area contributed by atoms with E-state index in [1.165, 1.54) is 13.2 Å². The fourth-order valence-electron chi connectivity index (χ4n) is 1.36. The Morgan fingerprint density at radius 1 is 1.55 bits per heavy atom. The van der Waals surface area contributed by atoms with Crippen LogP contribution in [0.5, 0.6) is 5.75 Å². The molecule has 0 unspecified atom stereocenters. The molecule has 0 aliphatic carbocycles.